The highest BCUT2D eigenvalue weighted by molar-refractivity contribution is 7.99. The summed E-state index contributed by atoms with van der Waals surface area (Å²) in [7, 11) is 0. The third-order valence-corrected chi connectivity index (χ3v) is 5.76. The van der Waals surface area contributed by atoms with Gasteiger partial charge in [-0.05, 0) is 17.7 Å². The molecule has 0 radical (unpaired) electrons. The SMILES string of the molecule is O=C(NCc1ccccc1)N1CCCSCC1CN1CCOCC1. The number of nitrogens with one attached hydrogen (secondary N) is 1. The summed E-state index contributed by atoms with van der Waals surface area (Å²) in [6.07, 6.45) is 1.07. The Hall–Kier alpha value is -1.24. The lowest BCUT2D eigenvalue weighted by atomic mass is 10.2. The molecule has 0 aromatic heterocycles. The molecule has 2 fully saturated rings. The van der Waals surface area contributed by atoms with Crippen LogP contribution in [-0.2, 0) is 11.3 Å². The molecule has 2 aliphatic heterocycles. The largest absolute Gasteiger partial charge is 0.379 e. The van der Waals surface area contributed by atoms with Crippen LogP contribution in [0, 0.1) is 0 Å². The number of rotatable bonds is 4. The number of morpholine rings is 1. The predicted octanol–water partition coefficient (Wildman–Crippen LogP) is 2.04. The minimum absolute atomic E-state index is 0.0691. The molecule has 1 atom stereocenters. The molecule has 132 valence electrons. The van der Waals surface area contributed by atoms with Gasteiger partial charge in [0.25, 0.3) is 0 Å². The second-order valence-electron chi connectivity index (χ2n) is 6.33. The summed E-state index contributed by atoms with van der Waals surface area (Å²) in [5.41, 5.74) is 1.14. The third-order valence-electron chi connectivity index (χ3n) is 4.56. The summed E-state index contributed by atoms with van der Waals surface area (Å²) in [5.74, 6) is 2.16. The Kier molecular flexibility index (Phi) is 6.81. The number of amides is 2. The molecule has 2 aliphatic rings. The van der Waals surface area contributed by atoms with Crippen molar-refractivity contribution >= 4 is 17.8 Å². The maximum Gasteiger partial charge on any atom is 0.317 e. The number of thioether (sulfide) groups is 1. The van der Waals surface area contributed by atoms with Gasteiger partial charge >= 0.3 is 6.03 Å². The van der Waals surface area contributed by atoms with E-state index in [2.05, 4.69) is 15.1 Å². The summed E-state index contributed by atoms with van der Waals surface area (Å²) >= 11 is 1.97. The molecule has 6 heteroatoms. The van der Waals surface area contributed by atoms with Crippen LogP contribution in [0.2, 0.25) is 0 Å². The van der Waals surface area contributed by atoms with E-state index < -0.39 is 0 Å². The van der Waals surface area contributed by atoms with Crippen LogP contribution >= 0.6 is 11.8 Å². The van der Waals surface area contributed by atoms with E-state index in [-0.39, 0.29) is 12.1 Å². The van der Waals surface area contributed by atoms with Gasteiger partial charge in [-0.3, -0.25) is 4.90 Å². The van der Waals surface area contributed by atoms with Crippen molar-refractivity contribution in [2.75, 3.05) is 50.9 Å². The van der Waals surface area contributed by atoms with Crippen LogP contribution in [-0.4, -0.2) is 72.8 Å². The van der Waals surface area contributed by atoms with Gasteiger partial charge in [0.1, 0.15) is 0 Å². The Morgan fingerprint density at radius 3 is 2.79 bits per heavy atom. The fourth-order valence-corrected chi connectivity index (χ4v) is 4.26. The molecule has 3 rings (SSSR count). The molecule has 1 aromatic rings. The van der Waals surface area contributed by atoms with Crippen molar-refractivity contribution in [2.45, 2.75) is 19.0 Å². The minimum Gasteiger partial charge on any atom is -0.379 e. The maximum atomic E-state index is 12.7. The van der Waals surface area contributed by atoms with E-state index in [4.69, 9.17) is 4.74 Å². The van der Waals surface area contributed by atoms with Crippen LogP contribution in [0.25, 0.3) is 0 Å². The monoisotopic (exact) mass is 349 g/mol. The summed E-state index contributed by atoms with van der Waals surface area (Å²) < 4.78 is 5.44. The molecule has 1 N–H and O–H groups in total. The van der Waals surface area contributed by atoms with Crippen LogP contribution in [0.1, 0.15) is 12.0 Å². The molecular formula is C18H27N3O2S. The first kappa shape index (κ1) is 17.6. The fraction of sp³-hybridized carbons (Fsp3) is 0.611. The van der Waals surface area contributed by atoms with Crippen molar-refractivity contribution in [3.8, 4) is 0 Å². The fourth-order valence-electron chi connectivity index (χ4n) is 3.20. The second kappa shape index (κ2) is 9.30. The average molecular weight is 350 g/mol. The molecule has 0 bridgehead atoms. The van der Waals surface area contributed by atoms with Gasteiger partial charge in [-0.25, -0.2) is 4.79 Å². The lowest BCUT2D eigenvalue weighted by Crippen LogP contribution is -2.52. The van der Waals surface area contributed by atoms with E-state index in [1.165, 1.54) is 0 Å². The number of ether oxygens (including phenoxy) is 1. The molecule has 0 saturated carbocycles. The topological polar surface area (TPSA) is 44.8 Å². The molecule has 1 aromatic carbocycles. The molecule has 0 spiro atoms. The van der Waals surface area contributed by atoms with Gasteiger partial charge in [-0.15, -0.1) is 0 Å². The normalized spacial score (nSPS) is 22.8. The highest BCUT2D eigenvalue weighted by Crippen LogP contribution is 2.18. The van der Waals surface area contributed by atoms with E-state index >= 15 is 0 Å². The van der Waals surface area contributed by atoms with Crippen molar-refractivity contribution in [2.24, 2.45) is 0 Å². The van der Waals surface area contributed by atoms with E-state index in [1.54, 1.807) is 0 Å². The smallest absolute Gasteiger partial charge is 0.317 e. The van der Waals surface area contributed by atoms with Gasteiger partial charge in [0.15, 0.2) is 0 Å². The zero-order valence-corrected chi connectivity index (χ0v) is 15.0. The number of urea groups is 1. The Morgan fingerprint density at radius 1 is 1.21 bits per heavy atom. The Bertz CT molecular complexity index is 508. The zero-order chi connectivity index (χ0) is 16.6. The van der Waals surface area contributed by atoms with Crippen molar-refractivity contribution in [3.63, 3.8) is 0 Å². The standard InChI is InChI=1S/C18H27N3O2S/c22-18(19-13-16-5-2-1-3-6-16)21-7-4-12-24-15-17(21)14-20-8-10-23-11-9-20/h1-3,5-6,17H,4,7-15H2,(H,19,22). The number of benzene rings is 1. The second-order valence-corrected chi connectivity index (χ2v) is 7.48. The Balaban J connectivity index is 1.57. The Morgan fingerprint density at radius 2 is 2.00 bits per heavy atom. The first-order chi connectivity index (χ1) is 11.8. The maximum absolute atomic E-state index is 12.7. The molecule has 2 amide bonds. The van der Waals surface area contributed by atoms with Gasteiger partial charge < -0.3 is 15.0 Å². The number of carbonyl (C=O) groups is 1. The van der Waals surface area contributed by atoms with Gasteiger partial charge in [0.05, 0.1) is 19.3 Å². The number of carbonyl (C=O) groups excluding carboxylic acids is 1. The van der Waals surface area contributed by atoms with Crippen molar-refractivity contribution in [3.05, 3.63) is 35.9 Å². The molecule has 24 heavy (non-hydrogen) atoms. The lowest BCUT2D eigenvalue weighted by molar-refractivity contribution is 0.0283. The highest BCUT2D eigenvalue weighted by atomic mass is 32.2. The van der Waals surface area contributed by atoms with Crippen molar-refractivity contribution in [1.29, 1.82) is 0 Å². The first-order valence-corrected chi connectivity index (χ1v) is 9.94. The quantitative estimate of drug-likeness (QED) is 0.903. The van der Waals surface area contributed by atoms with Gasteiger partial charge in [-0.1, -0.05) is 30.3 Å². The van der Waals surface area contributed by atoms with Crippen LogP contribution in [0.3, 0.4) is 0 Å². The van der Waals surface area contributed by atoms with Crippen molar-refractivity contribution < 1.29 is 9.53 Å². The zero-order valence-electron chi connectivity index (χ0n) is 14.2. The van der Waals surface area contributed by atoms with E-state index in [1.807, 2.05) is 42.1 Å². The molecule has 2 heterocycles. The van der Waals surface area contributed by atoms with Gasteiger partial charge in [0.2, 0.25) is 0 Å². The van der Waals surface area contributed by atoms with Crippen LogP contribution in [0.5, 0.6) is 0 Å². The average Bonchev–Trinajstić information content (AvgIpc) is 2.87. The summed E-state index contributed by atoms with van der Waals surface area (Å²) in [5, 5.41) is 3.10. The molecule has 1 unspecified atom stereocenters. The molecular weight excluding hydrogens is 322 g/mol. The highest BCUT2D eigenvalue weighted by Gasteiger charge is 2.27. The third kappa shape index (κ3) is 5.13. The summed E-state index contributed by atoms with van der Waals surface area (Å²) in [4.78, 5) is 17.2. The van der Waals surface area contributed by atoms with Gasteiger partial charge in [0, 0.05) is 38.5 Å². The van der Waals surface area contributed by atoms with Crippen LogP contribution in [0.4, 0.5) is 4.79 Å². The summed E-state index contributed by atoms with van der Waals surface area (Å²) in [6.45, 7) is 5.95. The minimum atomic E-state index is 0.0691. The van der Waals surface area contributed by atoms with Gasteiger partial charge in [-0.2, -0.15) is 11.8 Å². The first-order valence-electron chi connectivity index (χ1n) is 8.79. The van der Waals surface area contributed by atoms with E-state index in [0.29, 0.717) is 6.54 Å². The number of nitrogens with zero attached hydrogens (tertiary/aromatic N) is 2. The lowest BCUT2D eigenvalue weighted by Gasteiger charge is -2.35. The molecule has 0 aliphatic carbocycles. The summed E-state index contributed by atoms with van der Waals surface area (Å²) in [6, 6.07) is 10.4. The van der Waals surface area contributed by atoms with Crippen LogP contribution < -0.4 is 5.32 Å². The molecule has 5 nitrogen and oxygen atoms in total. The predicted molar refractivity (Wildman–Crippen MR) is 98.4 cm³/mol. The Labute approximate surface area is 148 Å². The van der Waals surface area contributed by atoms with Crippen molar-refractivity contribution in [1.82, 2.24) is 15.1 Å². The number of hydrogen-bond acceptors (Lipinski definition) is 4. The van der Waals surface area contributed by atoms with Crippen LogP contribution in [0.15, 0.2) is 30.3 Å². The number of hydrogen-bond donors (Lipinski definition) is 1. The molecule has 2 saturated heterocycles. The van der Waals surface area contributed by atoms with E-state index in [9.17, 15) is 4.79 Å². The van der Waals surface area contributed by atoms with E-state index in [0.717, 1.165) is 62.9 Å².